The minimum absolute atomic E-state index is 0.00964. The number of non-ortho nitro benzene ring substituents is 1. The Hall–Kier alpha value is -1.50. The van der Waals surface area contributed by atoms with Crippen molar-refractivity contribution in [2.24, 2.45) is 0 Å². The van der Waals surface area contributed by atoms with Crippen molar-refractivity contribution in [1.29, 1.82) is 0 Å². The molecule has 1 aromatic rings. The molecule has 0 aliphatic carbocycles. The van der Waals surface area contributed by atoms with Crippen molar-refractivity contribution in [1.82, 2.24) is 0 Å². The van der Waals surface area contributed by atoms with E-state index in [1.807, 2.05) is 0 Å². The van der Waals surface area contributed by atoms with Crippen LogP contribution in [0.4, 0.5) is 15.8 Å². The molecule has 1 saturated heterocycles. The van der Waals surface area contributed by atoms with Crippen LogP contribution < -0.4 is 4.90 Å². The number of rotatable bonds is 2. The number of hydrogen-bond donors (Lipinski definition) is 0. The molecule has 2 rings (SSSR count). The second-order valence-corrected chi connectivity index (χ2v) is 4.99. The molecule has 1 unspecified atom stereocenters. The summed E-state index contributed by atoms with van der Waals surface area (Å²) in [5.41, 5.74) is -0.240. The molecule has 0 radical (unpaired) electrons. The summed E-state index contributed by atoms with van der Waals surface area (Å²) in [5, 5.41) is 10.5. The molecule has 1 aromatic carbocycles. The van der Waals surface area contributed by atoms with Crippen LogP contribution in [0.5, 0.6) is 0 Å². The van der Waals surface area contributed by atoms with Crippen LogP contribution in [0.3, 0.4) is 0 Å². The molecule has 90 valence electrons. The number of amides is 1. The van der Waals surface area contributed by atoms with E-state index in [9.17, 15) is 19.3 Å². The van der Waals surface area contributed by atoms with Crippen LogP contribution in [-0.4, -0.2) is 22.2 Å². The monoisotopic (exact) mass is 302 g/mol. The summed E-state index contributed by atoms with van der Waals surface area (Å²) in [7, 11) is 0. The van der Waals surface area contributed by atoms with Gasteiger partial charge >= 0.3 is 0 Å². The quantitative estimate of drug-likeness (QED) is 0.478. The van der Waals surface area contributed by atoms with E-state index >= 15 is 0 Å². The fraction of sp³-hybridized carbons (Fsp3) is 0.300. The van der Waals surface area contributed by atoms with Gasteiger partial charge in [-0.2, -0.15) is 0 Å². The van der Waals surface area contributed by atoms with Gasteiger partial charge in [0.05, 0.1) is 16.7 Å². The van der Waals surface area contributed by atoms with Gasteiger partial charge in [0.1, 0.15) is 0 Å². The van der Waals surface area contributed by atoms with E-state index in [-0.39, 0.29) is 22.1 Å². The lowest BCUT2D eigenvalue weighted by atomic mass is 10.2. The maximum absolute atomic E-state index is 13.6. The maximum atomic E-state index is 13.6. The number of halogens is 2. The molecule has 1 atom stereocenters. The van der Waals surface area contributed by atoms with Crippen LogP contribution in [0.1, 0.15) is 6.42 Å². The number of nitrogens with zero attached hydrogens (tertiary/aromatic N) is 2. The van der Waals surface area contributed by atoms with E-state index in [0.717, 1.165) is 6.07 Å². The number of anilines is 1. The number of benzene rings is 1. The number of nitro groups is 1. The maximum Gasteiger partial charge on any atom is 0.272 e. The summed E-state index contributed by atoms with van der Waals surface area (Å²) < 4.78 is 13.6. The molecular formula is C10H8BrFN2O3. The van der Waals surface area contributed by atoms with Gasteiger partial charge in [-0.25, -0.2) is 4.39 Å². The van der Waals surface area contributed by atoms with Gasteiger partial charge in [0.15, 0.2) is 5.82 Å². The Morgan fingerprint density at radius 1 is 1.53 bits per heavy atom. The van der Waals surface area contributed by atoms with E-state index in [1.165, 1.54) is 17.0 Å². The number of hydrogen-bond acceptors (Lipinski definition) is 3. The number of carbonyl (C=O) groups excluding carboxylic acids is 1. The van der Waals surface area contributed by atoms with E-state index < -0.39 is 10.7 Å². The molecule has 1 aliphatic heterocycles. The zero-order chi connectivity index (χ0) is 12.6. The summed E-state index contributed by atoms with van der Waals surface area (Å²) in [6, 6.07) is 3.27. The van der Waals surface area contributed by atoms with Crippen LogP contribution in [0.15, 0.2) is 18.2 Å². The summed E-state index contributed by atoms with van der Waals surface area (Å²) in [6.07, 6.45) is 0.302. The van der Waals surface area contributed by atoms with Gasteiger partial charge in [-0.05, 0) is 6.07 Å². The predicted octanol–water partition coefficient (Wildman–Crippen LogP) is 2.23. The molecule has 0 spiro atoms. The fourth-order valence-electron chi connectivity index (χ4n) is 1.73. The Morgan fingerprint density at radius 3 is 2.71 bits per heavy atom. The van der Waals surface area contributed by atoms with Crippen LogP contribution in [-0.2, 0) is 4.79 Å². The summed E-state index contributed by atoms with van der Waals surface area (Å²) in [4.78, 5) is 22.6. The second kappa shape index (κ2) is 4.40. The second-order valence-electron chi connectivity index (χ2n) is 3.70. The highest BCUT2D eigenvalue weighted by atomic mass is 79.9. The van der Waals surface area contributed by atoms with Crippen LogP contribution in [0.25, 0.3) is 0 Å². The summed E-state index contributed by atoms with van der Waals surface area (Å²) in [5.74, 6) is -0.950. The van der Waals surface area contributed by atoms with Crippen molar-refractivity contribution in [3.05, 3.63) is 34.1 Å². The van der Waals surface area contributed by atoms with E-state index in [4.69, 9.17) is 0 Å². The van der Waals surface area contributed by atoms with Crippen LogP contribution >= 0.6 is 15.9 Å². The summed E-state index contributed by atoms with van der Waals surface area (Å²) >= 11 is 3.29. The Kier molecular flexibility index (Phi) is 3.10. The largest absolute Gasteiger partial charge is 0.308 e. The number of nitro benzene ring substituents is 1. The Morgan fingerprint density at radius 2 is 2.24 bits per heavy atom. The average Bonchev–Trinajstić information content (AvgIpc) is 2.57. The lowest BCUT2D eigenvalue weighted by Gasteiger charge is -2.16. The molecule has 1 aliphatic rings. The first-order valence-electron chi connectivity index (χ1n) is 4.87. The zero-order valence-corrected chi connectivity index (χ0v) is 10.2. The predicted molar refractivity (Wildman–Crippen MR) is 62.7 cm³/mol. The standard InChI is InChI=1S/C10H8BrFN2O3/c11-6-3-10(15)13(5-6)9-2-1-7(14(16)17)4-8(9)12/h1-2,4,6H,3,5H2. The zero-order valence-electron chi connectivity index (χ0n) is 8.60. The van der Waals surface area contributed by atoms with Gasteiger partial charge in [0.2, 0.25) is 5.91 Å². The van der Waals surface area contributed by atoms with Crippen LogP contribution in [0, 0.1) is 15.9 Å². The van der Waals surface area contributed by atoms with Crippen molar-refractivity contribution in [2.75, 3.05) is 11.4 Å². The van der Waals surface area contributed by atoms with Gasteiger partial charge < -0.3 is 4.90 Å². The smallest absolute Gasteiger partial charge is 0.272 e. The normalized spacial score (nSPS) is 19.8. The first-order chi connectivity index (χ1) is 7.99. The van der Waals surface area contributed by atoms with Crippen molar-refractivity contribution in [3.63, 3.8) is 0 Å². The topological polar surface area (TPSA) is 63.5 Å². The molecule has 7 heteroatoms. The molecule has 0 saturated carbocycles. The molecule has 5 nitrogen and oxygen atoms in total. The van der Waals surface area contributed by atoms with Gasteiger partial charge in [-0.1, -0.05) is 15.9 Å². The Balaban J connectivity index is 2.34. The highest BCUT2D eigenvalue weighted by molar-refractivity contribution is 9.09. The van der Waals surface area contributed by atoms with Crippen molar-refractivity contribution < 1.29 is 14.1 Å². The van der Waals surface area contributed by atoms with E-state index in [2.05, 4.69) is 15.9 Å². The summed E-state index contributed by atoms with van der Waals surface area (Å²) in [6.45, 7) is 0.369. The van der Waals surface area contributed by atoms with Gasteiger partial charge in [-0.3, -0.25) is 14.9 Å². The lowest BCUT2D eigenvalue weighted by molar-refractivity contribution is -0.385. The third-order valence-corrected chi connectivity index (χ3v) is 3.12. The lowest BCUT2D eigenvalue weighted by Crippen LogP contribution is -2.25. The van der Waals surface area contributed by atoms with Gasteiger partial charge in [0.25, 0.3) is 5.69 Å². The molecule has 17 heavy (non-hydrogen) atoms. The van der Waals surface area contributed by atoms with E-state index in [0.29, 0.717) is 13.0 Å². The molecule has 1 fully saturated rings. The first-order valence-corrected chi connectivity index (χ1v) is 5.79. The molecular weight excluding hydrogens is 295 g/mol. The molecule has 1 amide bonds. The molecule has 0 N–H and O–H groups in total. The minimum Gasteiger partial charge on any atom is -0.308 e. The minimum atomic E-state index is -0.755. The third-order valence-electron chi connectivity index (χ3n) is 2.51. The Labute approximate surface area is 104 Å². The fourth-order valence-corrected chi connectivity index (χ4v) is 2.29. The van der Waals surface area contributed by atoms with Crippen molar-refractivity contribution in [3.8, 4) is 0 Å². The van der Waals surface area contributed by atoms with Gasteiger partial charge in [0, 0.05) is 23.9 Å². The number of carbonyl (C=O) groups is 1. The van der Waals surface area contributed by atoms with Gasteiger partial charge in [-0.15, -0.1) is 0 Å². The Bertz CT molecular complexity index is 494. The highest BCUT2D eigenvalue weighted by Crippen LogP contribution is 2.29. The third kappa shape index (κ3) is 2.28. The highest BCUT2D eigenvalue weighted by Gasteiger charge is 2.30. The first kappa shape index (κ1) is 12.0. The number of alkyl halides is 1. The molecule has 1 heterocycles. The van der Waals surface area contributed by atoms with E-state index in [1.54, 1.807) is 0 Å². The molecule has 0 aromatic heterocycles. The van der Waals surface area contributed by atoms with Crippen molar-refractivity contribution in [2.45, 2.75) is 11.2 Å². The van der Waals surface area contributed by atoms with Crippen molar-refractivity contribution >= 4 is 33.2 Å². The average molecular weight is 303 g/mol. The SMILES string of the molecule is O=C1CC(Br)CN1c1ccc([N+](=O)[O-])cc1F. The molecule has 0 bridgehead atoms. The van der Waals surface area contributed by atoms with Crippen LogP contribution in [0.2, 0.25) is 0 Å².